The monoisotopic (exact) mass is 482 g/mol. The van der Waals surface area contributed by atoms with E-state index in [-0.39, 0.29) is 36.2 Å². The summed E-state index contributed by atoms with van der Waals surface area (Å²) in [6.45, 7) is 7.12. The SMILES string of the molecule is CC(C)(C)CC(=O)NC(CNC(=O)c1cccc(N2CCC(Nc3ncccn3)CC2)c1)C(=O)O. The van der Waals surface area contributed by atoms with Crippen molar-refractivity contribution in [3.63, 3.8) is 0 Å². The van der Waals surface area contributed by atoms with Crippen LogP contribution in [0.1, 0.15) is 50.4 Å². The number of aromatic nitrogens is 2. The van der Waals surface area contributed by atoms with Crippen LogP contribution in [0.25, 0.3) is 0 Å². The summed E-state index contributed by atoms with van der Waals surface area (Å²) in [6.07, 6.45) is 5.42. The molecule has 1 aromatic heterocycles. The number of carboxylic acids is 1. The van der Waals surface area contributed by atoms with Crippen LogP contribution >= 0.6 is 0 Å². The van der Waals surface area contributed by atoms with Gasteiger partial charge in [-0.25, -0.2) is 14.8 Å². The lowest BCUT2D eigenvalue weighted by Crippen LogP contribution is -2.49. The van der Waals surface area contributed by atoms with Gasteiger partial charge in [0.15, 0.2) is 0 Å². The number of carbonyl (C=O) groups is 3. The molecule has 2 heterocycles. The fraction of sp³-hybridized carbons (Fsp3) is 0.480. The smallest absolute Gasteiger partial charge is 0.328 e. The zero-order chi connectivity index (χ0) is 25.4. The van der Waals surface area contributed by atoms with Crippen molar-refractivity contribution in [2.45, 2.75) is 52.1 Å². The van der Waals surface area contributed by atoms with Crippen LogP contribution in [-0.2, 0) is 9.59 Å². The average molecular weight is 483 g/mol. The number of nitrogens with one attached hydrogen (secondary N) is 3. The third-order valence-corrected chi connectivity index (χ3v) is 5.66. The van der Waals surface area contributed by atoms with Gasteiger partial charge in [0, 0.05) is 55.7 Å². The summed E-state index contributed by atoms with van der Waals surface area (Å²) in [6, 6.07) is 8.12. The third-order valence-electron chi connectivity index (χ3n) is 5.66. The molecule has 3 rings (SSSR count). The first-order valence-corrected chi connectivity index (χ1v) is 11.8. The number of amides is 2. The second-order valence-electron chi connectivity index (χ2n) is 9.93. The summed E-state index contributed by atoms with van der Waals surface area (Å²) in [5, 5.41) is 17.9. The molecule has 4 N–H and O–H groups in total. The second-order valence-corrected chi connectivity index (χ2v) is 9.93. The van der Waals surface area contributed by atoms with Crippen molar-refractivity contribution in [2.75, 3.05) is 29.9 Å². The summed E-state index contributed by atoms with van der Waals surface area (Å²) in [5.41, 5.74) is 1.10. The highest BCUT2D eigenvalue weighted by Crippen LogP contribution is 2.22. The van der Waals surface area contributed by atoms with E-state index in [1.807, 2.05) is 32.9 Å². The van der Waals surface area contributed by atoms with E-state index in [1.54, 1.807) is 30.6 Å². The first-order chi connectivity index (χ1) is 16.6. The fourth-order valence-electron chi connectivity index (χ4n) is 3.91. The Kier molecular flexibility index (Phi) is 8.62. The minimum Gasteiger partial charge on any atom is -0.480 e. The number of benzene rings is 1. The number of hydrogen-bond acceptors (Lipinski definition) is 7. The van der Waals surface area contributed by atoms with Crippen LogP contribution in [0.5, 0.6) is 0 Å². The molecule has 1 aromatic carbocycles. The molecule has 35 heavy (non-hydrogen) atoms. The second kappa shape index (κ2) is 11.6. The molecule has 1 atom stereocenters. The zero-order valence-corrected chi connectivity index (χ0v) is 20.5. The predicted molar refractivity (Wildman–Crippen MR) is 133 cm³/mol. The Labute approximate surface area is 205 Å². The van der Waals surface area contributed by atoms with Gasteiger partial charge in [-0.1, -0.05) is 26.8 Å². The van der Waals surface area contributed by atoms with Crippen LogP contribution in [0, 0.1) is 5.41 Å². The summed E-state index contributed by atoms with van der Waals surface area (Å²) in [4.78, 5) is 47.1. The first-order valence-electron chi connectivity index (χ1n) is 11.8. The number of rotatable bonds is 9. The Bertz CT molecular complexity index is 1020. The highest BCUT2D eigenvalue weighted by molar-refractivity contribution is 5.95. The number of piperidine rings is 1. The van der Waals surface area contributed by atoms with Crippen LogP contribution in [0.15, 0.2) is 42.7 Å². The van der Waals surface area contributed by atoms with Crippen molar-refractivity contribution in [2.24, 2.45) is 5.41 Å². The summed E-state index contributed by atoms with van der Waals surface area (Å²) in [5.74, 6) is -1.32. The molecule has 1 fully saturated rings. The Morgan fingerprint density at radius 3 is 2.43 bits per heavy atom. The normalized spacial score (nSPS) is 15.2. The van der Waals surface area contributed by atoms with Gasteiger partial charge in [0.05, 0.1) is 0 Å². The number of hydrogen-bond donors (Lipinski definition) is 4. The van der Waals surface area contributed by atoms with Gasteiger partial charge < -0.3 is 26.0 Å². The van der Waals surface area contributed by atoms with E-state index >= 15 is 0 Å². The van der Waals surface area contributed by atoms with Gasteiger partial charge in [0.25, 0.3) is 5.91 Å². The molecular weight excluding hydrogens is 448 g/mol. The molecule has 0 aliphatic carbocycles. The van der Waals surface area contributed by atoms with E-state index in [0.29, 0.717) is 11.5 Å². The van der Waals surface area contributed by atoms with Gasteiger partial charge in [-0.3, -0.25) is 9.59 Å². The van der Waals surface area contributed by atoms with Gasteiger partial charge in [0.1, 0.15) is 6.04 Å². The first kappa shape index (κ1) is 25.9. The van der Waals surface area contributed by atoms with Crippen molar-refractivity contribution in [3.8, 4) is 0 Å². The highest BCUT2D eigenvalue weighted by Gasteiger charge is 2.24. The lowest BCUT2D eigenvalue weighted by molar-refractivity contribution is -0.141. The maximum Gasteiger partial charge on any atom is 0.328 e. The number of anilines is 2. The van der Waals surface area contributed by atoms with Crippen LogP contribution in [0.4, 0.5) is 11.6 Å². The van der Waals surface area contributed by atoms with Crippen LogP contribution in [0.2, 0.25) is 0 Å². The lowest BCUT2D eigenvalue weighted by atomic mass is 9.92. The Morgan fingerprint density at radius 2 is 1.80 bits per heavy atom. The van der Waals surface area contributed by atoms with E-state index in [1.165, 1.54) is 0 Å². The van der Waals surface area contributed by atoms with E-state index in [9.17, 15) is 19.5 Å². The topological polar surface area (TPSA) is 137 Å². The molecule has 1 unspecified atom stereocenters. The van der Waals surface area contributed by atoms with Crippen molar-refractivity contribution in [1.82, 2.24) is 20.6 Å². The Balaban J connectivity index is 1.53. The predicted octanol–water partition coefficient (Wildman–Crippen LogP) is 2.29. The summed E-state index contributed by atoms with van der Waals surface area (Å²) in [7, 11) is 0. The quantitative estimate of drug-likeness (QED) is 0.427. The van der Waals surface area contributed by atoms with E-state index in [4.69, 9.17) is 0 Å². The van der Waals surface area contributed by atoms with E-state index in [2.05, 4.69) is 30.8 Å². The van der Waals surface area contributed by atoms with Gasteiger partial charge >= 0.3 is 5.97 Å². The molecule has 188 valence electrons. The third kappa shape index (κ3) is 8.24. The van der Waals surface area contributed by atoms with E-state index < -0.39 is 12.0 Å². The molecule has 0 saturated carbocycles. The minimum atomic E-state index is -1.20. The Morgan fingerprint density at radius 1 is 1.11 bits per heavy atom. The number of carbonyl (C=O) groups excluding carboxylic acids is 2. The van der Waals surface area contributed by atoms with Crippen molar-refractivity contribution in [1.29, 1.82) is 0 Å². The molecule has 2 aromatic rings. The largest absolute Gasteiger partial charge is 0.480 e. The zero-order valence-electron chi connectivity index (χ0n) is 20.5. The number of nitrogens with zero attached hydrogens (tertiary/aromatic N) is 3. The number of aliphatic carboxylic acids is 1. The van der Waals surface area contributed by atoms with Crippen LogP contribution in [0.3, 0.4) is 0 Å². The Hall–Kier alpha value is -3.69. The van der Waals surface area contributed by atoms with Crippen molar-refractivity contribution in [3.05, 3.63) is 48.3 Å². The molecule has 1 saturated heterocycles. The van der Waals surface area contributed by atoms with Crippen LogP contribution in [-0.4, -0.2) is 64.6 Å². The van der Waals surface area contributed by atoms with E-state index in [0.717, 1.165) is 31.6 Å². The number of carboxylic acid groups (broad SMARTS) is 1. The van der Waals surface area contributed by atoms with Crippen LogP contribution < -0.4 is 20.9 Å². The molecule has 10 heteroatoms. The molecule has 2 amide bonds. The van der Waals surface area contributed by atoms with Gasteiger partial charge in [-0.2, -0.15) is 0 Å². The fourth-order valence-corrected chi connectivity index (χ4v) is 3.91. The molecule has 1 aliphatic rings. The lowest BCUT2D eigenvalue weighted by Gasteiger charge is -2.34. The summed E-state index contributed by atoms with van der Waals surface area (Å²) >= 11 is 0. The maximum atomic E-state index is 12.7. The molecule has 0 radical (unpaired) electrons. The molecular formula is C25H34N6O4. The van der Waals surface area contributed by atoms with Crippen molar-refractivity contribution >= 4 is 29.4 Å². The molecule has 0 bridgehead atoms. The molecule has 1 aliphatic heterocycles. The highest BCUT2D eigenvalue weighted by atomic mass is 16.4. The standard InChI is InChI=1S/C25H34N6O4/c1-25(2,3)15-21(32)30-20(23(34)35)16-28-22(33)17-6-4-7-19(14-17)31-12-8-18(9-13-31)29-24-26-10-5-11-27-24/h4-7,10-11,14,18,20H,8-9,12-13,15-16H2,1-3H3,(H,28,33)(H,30,32)(H,34,35)(H,26,27,29). The van der Waals surface area contributed by atoms with Gasteiger partial charge in [-0.15, -0.1) is 0 Å². The van der Waals surface area contributed by atoms with Gasteiger partial charge in [-0.05, 0) is 42.5 Å². The molecule has 0 spiro atoms. The summed E-state index contributed by atoms with van der Waals surface area (Å²) < 4.78 is 0. The molecule has 10 nitrogen and oxygen atoms in total. The van der Waals surface area contributed by atoms with Crippen molar-refractivity contribution < 1.29 is 19.5 Å². The minimum absolute atomic E-state index is 0.192. The maximum absolute atomic E-state index is 12.7. The van der Waals surface area contributed by atoms with Gasteiger partial charge in [0.2, 0.25) is 11.9 Å². The average Bonchev–Trinajstić information content (AvgIpc) is 2.81.